The summed E-state index contributed by atoms with van der Waals surface area (Å²) in [4.78, 5) is 0. The molecule has 2 fully saturated rings. The van der Waals surface area contributed by atoms with Gasteiger partial charge in [-0.1, -0.05) is 34.1 Å². The zero-order chi connectivity index (χ0) is 20.2. The SMILES string of the molecule is O[C@@H]1[C@@H](O)[C@H](O)C2(CC2)O[C@H]1c1ccc(Br)c(Cc2ccc3c(c2)OCCO3)c1. The summed E-state index contributed by atoms with van der Waals surface area (Å²) in [7, 11) is 0. The van der Waals surface area contributed by atoms with Crippen LogP contribution in [0.1, 0.15) is 35.6 Å². The molecule has 29 heavy (non-hydrogen) atoms. The van der Waals surface area contributed by atoms with Crippen LogP contribution in [0.2, 0.25) is 0 Å². The third-order valence-corrected chi connectivity index (χ3v) is 6.80. The number of halogens is 1. The number of hydrogen-bond donors (Lipinski definition) is 3. The third-order valence-electron chi connectivity index (χ3n) is 6.03. The molecule has 7 heteroatoms. The van der Waals surface area contributed by atoms with E-state index in [1.807, 2.05) is 36.4 Å². The van der Waals surface area contributed by atoms with Gasteiger partial charge in [0.25, 0.3) is 0 Å². The van der Waals surface area contributed by atoms with Crippen molar-refractivity contribution in [2.75, 3.05) is 13.2 Å². The molecule has 1 saturated carbocycles. The first-order valence-corrected chi connectivity index (χ1v) is 10.6. The van der Waals surface area contributed by atoms with Gasteiger partial charge < -0.3 is 29.5 Å². The van der Waals surface area contributed by atoms with Gasteiger partial charge >= 0.3 is 0 Å². The highest BCUT2D eigenvalue weighted by molar-refractivity contribution is 9.10. The molecule has 0 unspecified atom stereocenters. The summed E-state index contributed by atoms with van der Waals surface area (Å²) < 4.78 is 18.3. The average Bonchev–Trinajstić information content (AvgIpc) is 3.52. The minimum atomic E-state index is -1.22. The number of benzene rings is 2. The van der Waals surface area contributed by atoms with E-state index in [0.29, 0.717) is 32.5 Å². The van der Waals surface area contributed by atoms with Crippen molar-refractivity contribution >= 4 is 15.9 Å². The van der Waals surface area contributed by atoms with Gasteiger partial charge in [0.15, 0.2) is 11.5 Å². The van der Waals surface area contributed by atoms with E-state index in [1.54, 1.807) is 0 Å². The lowest BCUT2D eigenvalue weighted by atomic mass is 9.89. The molecule has 1 aliphatic carbocycles. The van der Waals surface area contributed by atoms with Gasteiger partial charge in [-0.25, -0.2) is 0 Å². The molecule has 2 aromatic carbocycles. The first-order valence-electron chi connectivity index (χ1n) is 9.86. The van der Waals surface area contributed by atoms with Crippen LogP contribution >= 0.6 is 15.9 Å². The lowest BCUT2D eigenvalue weighted by molar-refractivity contribution is -0.236. The van der Waals surface area contributed by atoms with Gasteiger partial charge in [-0.15, -0.1) is 0 Å². The van der Waals surface area contributed by atoms with E-state index >= 15 is 0 Å². The highest BCUT2D eigenvalue weighted by Gasteiger charge is 2.60. The Morgan fingerprint density at radius 1 is 0.931 bits per heavy atom. The highest BCUT2D eigenvalue weighted by Crippen LogP contribution is 2.52. The predicted molar refractivity (Wildman–Crippen MR) is 108 cm³/mol. The highest BCUT2D eigenvalue weighted by atomic mass is 79.9. The van der Waals surface area contributed by atoms with Crippen molar-refractivity contribution in [3.63, 3.8) is 0 Å². The van der Waals surface area contributed by atoms with Gasteiger partial charge in [-0.05, 0) is 54.2 Å². The topological polar surface area (TPSA) is 88.4 Å². The minimum absolute atomic E-state index is 0.544. The summed E-state index contributed by atoms with van der Waals surface area (Å²) in [5, 5.41) is 31.1. The summed E-state index contributed by atoms with van der Waals surface area (Å²) in [6.45, 7) is 1.11. The lowest BCUT2D eigenvalue weighted by Crippen LogP contribution is -2.55. The van der Waals surface area contributed by atoms with Crippen LogP contribution in [0.15, 0.2) is 40.9 Å². The van der Waals surface area contributed by atoms with Crippen LogP contribution in [0.3, 0.4) is 0 Å². The number of hydrogen-bond acceptors (Lipinski definition) is 6. The van der Waals surface area contributed by atoms with Gasteiger partial charge in [-0.2, -0.15) is 0 Å². The van der Waals surface area contributed by atoms with E-state index < -0.39 is 30.0 Å². The number of rotatable bonds is 3. The molecular formula is C22H23BrO6. The largest absolute Gasteiger partial charge is 0.486 e. The van der Waals surface area contributed by atoms with Crippen LogP contribution in [-0.4, -0.2) is 52.4 Å². The molecule has 2 aliphatic heterocycles. The molecule has 4 atom stereocenters. The zero-order valence-electron chi connectivity index (χ0n) is 15.8. The van der Waals surface area contributed by atoms with E-state index in [9.17, 15) is 15.3 Å². The van der Waals surface area contributed by atoms with Gasteiger partial charge in [0.1, 0.15) is 37.6 Å². The molecule has 0 bridgehead atoms. The Morgan fingerprint density at radius 2 is 1.69 bits per heavy atom. The van der Waals surface area contributed by atoms with Gasteiger partial charge in [0, 0.05) is 4.47 Å². The van der Waals surface area contributed by atoms with E-state index in [4.69, 9.17) is 14.2 Å². The first-order chi connectivity index (χ1) is 14.0. The fraction of sp³-hybridized carbons (Fsp3) is 0.455. The van der Waals surface area contributed by atoms with Crippen molar-refractivity contribution in [2.24, 2.45) is 0 Å². The fourth-order valence-electron chi connectivity index (χ4n) is 4.20. The summed E-state index contributed by atoms with van der Waals surface area (Å²) in [6.07, 6.45) is -2.10. The van der Waals surface area contributed by atoms with E-state index in [-0.39, 0.29) is 0 Å². The Labute approximate surface area is 177 Å². The molecular weight excluding hydrogens is 440 g/mol. The van der Waals surface area contributed by atoms with Crippen LogP contribution < -0.4 is 9.47 Å². The van der Waals surface area contributed by atoms with Gasteiger partial charge in [0.2, 0.25) is 0 Å². The van der Waals surface area contributed by atoms with Crippen LogP contribution in [0, 0.1) is 0 Å². The van der Waals surface area contributed by atoms with Crippen molar-refractivity contribution in [1.29, 1.82) is 0 Å². The van der Waals surface area contributed by atoms with E-state index in [0.717, 1.165) is 32.7 Å². The summed E-state index contributed by atoms with van der Waals surface area (Å²) in [5.41, 5.74) is 2.16. The normalized spacial score (nSPS) is 29.7. The van der Waals surface area contributed by atoms with Crippen LogP contribution in [0.25, 0.3) is 0 Å². The second-order valence-corrected chi connectivity index (χ2v) is 8.89. The van der Waals surface area contributed by atoms with Crippen molar-refractivity contribution in [3.05, 3.63) is 57.6 Å². The second-order valence-electron chi connectivity index (χ2n) is 8.03. The molecule has 6 nitrogen and oxygen atoms in total. The first kappa shape index (κ1) is 19.3. The minimum Gasteiger partial charge on any atom is -0.486 e. The molecule has 0 amide bonds. The van der Waals surface area contributed by atoms with Crippen molar-refractivity contribution in [3.8, 4) is 11.5 Å². The Kier molecular flexibility index (Phi) is 4.83. The van der Waals surface area contributed by atoms with Crippen LogP contribution in [0.5, 0.6) is 11.5 Å². The molecule has 2 heterocycles. The maximum absolute atomic E-state index is 10.5. The number of aliphatic hydroxyl groups is 3. The number of ether oxygens (including phenoxy) is 3. The Morgan fingerprint density at radius 3 is 2.45 bits per heavy atom. The summed E-state index contributed by atoms with van der Waals surface area (Å²) in [5.74, 6) is 1.51. The quantitative estimate of drug-likeness (QED) is 0.649. The van der Waals surface area contributed by atoms with E-state index in [1.165, 1.54) is 0 Å². The molecule has 154 valence electrons. The predicted octanol–water partition coefficient (Wildman–Crippen LogP) is 2.50. The Balaban J connectivity index is 1.42. The molecule has 0 radical (unpaired) electrons. The Hall–Kier alpha value is -1.64. The fourth-order valence-corrected chi connectivity index (χ4v) is 4.58. The molecule has 1 spiro atoms. The van der Waals surface area contributed by atoms with Crippen LogP contribution in [0.4, 0.5) is 0 Å². The van der Waals surface area contributed by atoms with Crippen LogP contribution in [-0.2, 0) is 11.2 Å². The number of aliphatic hydroxyl groups excluding tert-OH is 3. The van der Waals surface area contributed by atoms with Gasteiger partial charge in [-0.3, -0.25) is 0 Å². The van der Waals surface area contributed by atoms with Gasteiger partial charge in [0.05, 0.1) is 5.60 Å². The lowest BCUT2D eigenvalue weighted by Gasteiger charge is -2.41. The second kappa shape index (κ2) is 7.25. The van der Waals surface area contributed by atoms with Crippen molar-refractivity contribution in [2.45, 2.75) is 49.3 Å². The monoisotopic (exact) mass is 462 g/mol. The molecule has 3 aliphatic rings. The Bertz CT molecular complexity index is 928. The maximum atomic E-state index is 10.5. The molecule has 5 rings (SSSR count). The smallest absolute Gasteiger partial charge is 0.161 e. The number of fused-ring (bicyclic) bond motifs is 1. The maximum Gasteiger partial charge on any atom is 0.161 e. The van der Waals surface area contributed by atoms with Crippen molar-refractivity contribution in [1.82, 2.24) is 0 Å². The van der Waals surface area contributed by atoms with E-state index in [2.05, 4.69) is 15.9 Å². The molecule has 1 saturated heterocycles. The molecule has 3 N–H and O–H groups in total. The third kappa shape index (κ3) is 3.45. The standard InChI is InChI=1S/C22H23BrO6/c23-15-3-2-13(20-18(24)19(25)21(26)22(29-20)5-6-22)11-14(15)9-12-1-4-16-17(10-12)28-8-7-27-16/h1-4,10-11,18-21,24-26H,5-9H2/t18-,19-,20+,21+/m1/s1. The average molecular weight is 463 g/mol. The molecule has 0 aromatic heterocycles. The summed E-state index contributed by atoms with van der Waals surface area (Å²) in [6, 6.07) is 11.7. The summed E-state index contributed by atoms with van der Waals surface area (Å²) >= 11 is 3.61. The zero-order valence-corrected chi connectivity index (χ0v) is 17.3. The van der Waals surface area contributed by atoms with Crippen molar-refractivity contribution < 1.29 is 29.5 Å². The molecule has 2 aromatic rings.